The summed E-state index contributed by atoms with van der Waals surface area (Å²) in [6.45, 7) is 0. The van der Waals surface area contributed by atoms with Crippen LogP contribution in [-0.2, 0) is 21.4 Å². The molecule has 30 heavy (non-hydrogen) atoms. The lowest BCUT2D eigenvalue weighted by molar-refractivity contribution is -0.145. The molecule has 2 aromatic heterocycles. The van der Waals surface area contributed by atoms with E-state index in [9.17, 15) is 9.59 Å². The highest BCUT2D eigenvalue weighted by molar-refractivity contribution is 7.99. The monoisotopic (exact) mass is 421 g/mol. The number of carbonyl (C=O) groups is 2. The summed E-state index contributed by atoms with van der Waals surface area (Å²) in [6.07, 6.45) is 0. The van der Waals surface area contributed by atoms with Gasteiger partial charge in [-0.2, -0.15) is 0 Å². The molecule has 0 radical (unpaired) electrons. The normalized spacial score (nSPS) is 12.1. The van der Waals surface area contributed by atoms with Crippen molar-refractivity contribution < 1.29 is 14.3 Å². The molecular formula is C21H19N5O3S. The van der Waals surface area contributed by atoms with E-state index < -0.39 is 12.0 Å². The van der Waals surface area contributed by atoms with Crippen LogP contribution in [0.1, 0.15) is 11.6 Å². The summed E-state index contributed by atoms with van der Waals surface area (Å²) in [6, 6.07) is 16.0. The van der Waals surface area contributed by atoms with Crippen molar-refractivity contribution in [3.05, 3.63) is 60.2 Å². The van der Waals surface area contributed by atoms with E-state index in [-0.39, 0.29) is 11.7 Å². The van der Waals surface area contributed by atoms with Crippen LogP contribution in [0.25, 0.3) is 22.1 Å². The van der Waals surface area contributed by atoms with Gasteiger partial charge in [0.2, 0.25) is 11.1 Å². The Morgan fingerprint density at radius 1 is 1.10 bits per heavy atom. The van der Waals surface area contributed by atoms with Crippen molar-refractivity contribution in [1.82, 2.24) is 25.1 Å². The molecule has 2 heterocycles. The summed E-state index contributed by atoms with van der Waals surface area (Å²) in [5, 5.41) is 12.5. The van der Waals surface area contributed by atoms with Crippen molar-refractivity contribution in [1.29, 1.82) is 0 Å². The fourth-order valence-corrected chi connectivity index (χ4v) is 3.82. The van der Waals surface area contributed by atoms with Crippen LogP contribution >= 0.6 is 11.8 Å². The first kappa shape index (κ1) is 19.8. The number of benzene rings is 2. The Labute approximate surface area is 176 Å². The number of ether oxygens (including phenoxy) is 1. The van der Waals surface area contributed by atoms with E-state index in [1.165, 1.54) is 7.11 Å². The number of methoxy groups -OCH3 is 1. The van der Waals surface area contributed by atoms with Gasteiger partial charge in [0, 0.05) is 12.4 Å². The van der Waals surface area contributed by atoms with E-state index in [4.69, 9.17) is 4.74 Å². The molecule has 4 aromatic rings. The molecule has 0 bridgehead atoms. The summed E-state index contributed by atoms with van der Waals surface area (Å²) in [7, 11) is 3.21. The third kappa shape index (κ3) is 3.84. The third-order valence-corrected chi connectivity index (χ3v) is 5.53. The quantitative estimate of drug-likeness (QED) is 0.377. The highest BCUT2D eigenvalue weighted by atomic mass is 32.2. The van der Waals surface area contributed by atoms with Gasteiger partial charge in [0.15, 0.2) is 11.7 Å². The highest BCUT2D eigenvalue weighted by Crippen LogP contribution is 2.26. The van der Waals surface area contributed by atoms with Crippen LogP contribution in [-0.4, -0.2) is 44.5 Å². The van der Waals surface area contributed by atoms with Crippen molar-refractivity contribution in [3.63, 3.8) is 0 Å². The lowest BCUT2D eigenvalue weighted by atomic mass is 10.1. The largest absolute Gasteiger partial charge is 0.467 e. The second-order valence-electron chi connectivity index (χ2n) is 6.57. The molecule has 9 heteroatoms. The molecule has 4 rings (SSSR count). The maximum Gasteiger partial charge on any atom is 0.333 e. The molecule has 2 aromatic carbocycles. The number of nitrogens with one attached hydrogen (secondary N) is 1. The molecule has 1 unspecified atom stereocenters. The number of para-hydroxylation sites is 1. The molecule has 0 saturated heterocycles. The molecule has 0 saturated carbocycles. The molecule has 1 amide bonds. The minimum Gasteiger partial charge on any atom is -0.467 e. The average Bonchev–Trinajstić information content (AvgIpc) is 3.08. The first-order valence-electron chi connectivity index (χ1n) is 9.21. The lowest BCUT2D eigenvalue weighted by Crippen LogP contribution is -2.35. The van der Waals surface area contributed by atoms with Crippen LogP contribution in [0.5, 0.6) is 0 Å². The van der Waals surface area contributed by atoms with Crippen LogP contribution in [0, 0.1) is 0 Å². The molecule has 0 aliphatic carbocycles. The van der Waals surface area contributed by atoms with Crippen LogP contribution in [0.4, 0.5) is 0 Å². The molecule has 0 fully saturated rings. The van der Waals surface area contributed by atoms with Gasteiger partial charge in [0.1, 0.15) is 5.52 Å². The SMILES string of the molecule is COC(=O)C(NC(=O)CSc1nnc2c3ccccc3n(C)c2n1)c1ccccc1. The Hall–Kier alpha value is -3.46. The van der Waals surface area contributed by atoms with Gasteiger partial charge in [-0.15, -0.1) is 10.2 Å². The van der Waals surface area contributed by atoms with Crippen LogP contribution in [0.3, 0.4) is 0 Å². The number of amides is 1. The molecule has 1 N–H and O–H groups in total. The summed E-state index contributed by atoms with van der Waals surface area (Å²) in [4.78, 5) is 29.1. The molecular weight excluding hydrogens is 402 g/mol. The van der Waals surface area contributed by atoms with E-state index in [0.29, 0.717) is 16.4 Å². The number of thioether (sulfide) groups is 1. The van der Waals surface area contributed by atoms with Crippen LogP contribution < -0.4 is 5.32 Å². The van der Waals surface area contributed by atoms with Gasteiger partial charge in [-0.3, -0.25) is 4.79 Å². The summed E-state index contributed by atoms with van der Waals surface area (Å²) in [5.41, 5.74) is 3.08. The Morgan fingerprint density at radius 3 is 2.60 bits per heavy atom. The predicted molar refractivity (Wildman–Crippen MR) is 114 cm³/mol. The number of aromatic nitrogens is 4. The van der Waals surface area contributed by atoms with Crippen molar-refractivity contribution in [2.45, 2.75) is 11.2 Å². The van der Waals surface area contributed by atoms with Gasteiger partial charge >= 0.3 is 5.97 Å². The Morgan fingerprint density at radius 2 is 1.83 bits per heavy atom. The second kappa shape index (κ2) is 8.50. The standard InChI is InChI=1S/C21H19N5O3S/c1-26-15-11-7-6-10-14(15)18-19(26)23-21(25-24-18)30-12-16(27)22-17(20(28)29-2)13-8-4-3-5-9-13/h3-11,17H,12H2,1-2H3,(H,22,27). The zero-order valence-electron chi connectivity index (χ0n) is 16.4. The van der Waals surface area contributed by atoms with E-state index in [2.05, 4.69) is 20.5 Å². The van der Waals surface area contributed by atoms with Gasteiger partial charge in [-0.05, 0) is 11.6 Å². The maximum absolute atomic E-state index is 12.5. The van der Waals surface area contributed by atoms with Crippen molar-refractivity contribution in [3.8, 4) is 0 Å². The van der Waals surface area contributed by atoms with E-state index in [0.717, 1.165) is 28.2 Å². The Bertz CT molecular complexity index is 1230. The molecule has 152 valence electrons. The van der Waals surface area contributed by atoms with Gasteiger partial charge in [0.05, 0.1) is 18.4 Å². The maximum atomic E-state index is 12.5. The minimum atomic E-state index is -0.871. The zero-order valence-corrected chi connectivity index (χ0v) is 17.2. The topological polar surface area (TPSA) is 99.0 Å². The first-order valence-corrected chi connectivity index (χ1v) is 10.2. The Kier molecular flexibility index (Phi) is 5.62. The third-order valence-electron chi connectivity index (χ3n) is 4.69. The van der Waals surface area contributed by atoms with E-state index in [1.807, 2.05) is 41.9 Å². The van der Waals surface area contributed by atoms with E-state index in [1.54, 1.807) is 24.3 Å². The highest BCUT2D eigenvalue weighted by Gasteiger charge is 2.23. The lowest BCUT2D eigenvalue weighted by Gasteiger charge is -2.16. The minimum absolute atomic E-state index is 0.0391. The first-order chi connectivity index (χ1) is 14.6. The summed E-state index contributed by atoms with van der Waals surface area (Å²) >= 11 is 1.16. The molecule has 0 aliphatic rings. The van der Waals surface area contributed by atoms with Crippen molar-refractivity contribution in [2.24, 2.45) is 7.05 Å². The molecule has 1 atom stereocenters. The van der Waals surface area contributed by atoms with Gasteiger partial charge in [-0.1, -0.05) is 60.3 Å². The number of nitrogens with zero attached hydrogens (tertiary/aromatic N) is 4. The van der Waals surface area contributed by atoms with Crippen LogP contribution in [0.2, 0.25) is 0 Å². The van der Waals surface area contributed by atoms with Crippen molar-refractivity contribution in [2.75, 3.05) is 12.9 Å². The molecule has 8 nitrogen and oxygen atoms in total. The number of fused-ring (bicyclic) bond motifs is 3. The number of esters is 1. The van der Waals surface area contributed by atoms with Gasteiger partial charge < -0.3 is 14.6 Å². The summed E-state index contributed by atoms with van der Waals surface area (Å²) < 4.78 is 6.77. The van der Waals surface area contributed by atoms with Gasteiger partial charge in [-0.25, -0.2) is 9.78 Å². The smallest absolute Gasteiger partial charge is 0.333 e. The number of carbonyl (C=O) groups excluding carboxylic acids is 2. The second-order valence-corrected chi connectivity index (χ2v) is 7.51. The number of hydrogen-bond acceptors (Lipinski definition) is 7. The molecule has 0 aliphatic heterocycles. The molecule has 0 spiro atoms. The number of rotatable bonds is 6. The van der Waals surface area contributed by atoms with Gasteiger partial charge in [0.25, 0.3) is 0 Å². The van der Waals surface area contributed by atoms with Crippen molar-refractivity contribution >= 4 is 45.7 Å². The fourth-order valence-electron chi connectivity index (χ4n) is 3.23. The summed E-state index contributed by atoms with van der Waals surface area (Å²) in [5.74, 6) is -0.827. The number of hydrogen-bond donors (Lipinski definition) is 1. The Balaban J connectivity index is 1.49. The predicted octanol–water partition coefficient (Wildman–Crippen LogP) is 2.64. The zero-order chi connectivity index (χ0) is 21.1. The number of aryl methyl sites for hydroxylation is 1. The average molecular weight is 421 g/mol. The van der Waals surface area contributed by atoms with Crippen LogP contribution in [0.15, 0.2) is 59.8 Å². The van der Waals surface area contributed by atoms with E-state index >= 15 is 0 Å². The fraction of sp³-hybridized carbons (Fsp3) is 0.190.